The Balaban J connectivity index is 1.68. The van der Waals surface area contributed by atoms with E-state index < -0.39 is 11.5 Å². The number of H-pyrrole nitrogens is 1. The molecule has 2 aromatic carbocycles. The number of ether oxygens (including phenoxy) is 1. The van der Waals surface area contributed by atoms with Crippen LogP contribution in [0, 0.1) is 0 Å². The van der Waals surface area contributed by atoms with Crippen molar-refractivity contribution < 1.29 is 9.53 Å². The number of nitrogens with one attached hydrogen (secondary N) is 2. The zero-order chi connectivity index (χ0) is 19.0. The summed E-state index contributed by atoms with van der Waals surface area (Å²) in [4.78, 5) is 27.9. The lowest BCUT2D eigenvalue weighted by molar-refractivity contribution is 0.0936. The number of para-hydroxylation sites is 2. The zero-order valence-corrected chi connectivity index (χ0v) is 14.8. The Morgan fingerprint density at radius 3 is 2.67 bits per heavy atom. The van der Waals surface area contributed by atoms with Crippen LogP contribution in [-0.4, -0.2) is 32.8 Å². The molecule has 1 amide bonds. The minimum Gasteiger partial charge on any atom is -0.497 e. The molecule has 0 saturated heterocycles. The van der Waals surface area contributed by atoms with Gasteiger partial charge in [0.1, 0.15) is 5.75 Å². The van der Waals surface area contributed by atoms with Crippen LogP contribution in [0.15, 0.2) is 53.3 Å². The van der Waals surface area contributed by atoms with E-state index in [4.69, 9.17) is 4.74 Å². The number of aromatic nitrogens is 4. The number of nitrogens with zero attached hydrogens (tertiary/aromatic N) is 3. The van der Waals surface area contributed by atoms with Crippen molar-refractivity contribution in [3.63, 3.8) is 0 Å². The van der Waals surface area contributed by atoms with Gasteiger partial charge < -0.3 is 15.0 Å². The van der Waals surface area contributed by atoms with E-state index in [9.17, 15) is 9.59 Å². The SMILES string of the molecule is COc1ccc([C@@H](C)NC(=O)c2nnn3c2c(=O)[nH]c2ccccc23)cc1. The molecule has 0 aliphatic heterocycles. The summed E-state index contributed by atoms with van der Waals surface area (Å²) in [6.07, 6.45) is 0. The van der Waals surface area contributed by atoms with Crippen molar-refractivity contribution >= 4 is 22.5 Å². The van der Waals surface area contributed by atoms with Gasteiger partial charge in [0.05, 0.1) is 24.2 Å². The van der Waals surface area contributed by atoms with Crippen LogP contribution in [0.1, 0.15) is 29.0 Å². The largest absolute Gasteiger partial charge is 0.497 e. The van der Waals surface area contributed by atoms with Gasteiger partial charge in [0, 0.05) is 0 Å². The van der Waals surface area contributed by atoms with Crippen LogP contribution in [0.3, 0.4) is 0 Å². The third-order valence-corrected chi connectivity index (χ3v) is 4.44. The van der Waals surface area contributed by atoms with Gasteiger partial charge in [-0.3, -0.25) is 9.59 Å². The molecule has 8 nitrogen and oxygen atoms in total. The van der Waals surface area contributed by atoms with E-state index in [1.807, 2.05) is 43.3 Å². The van der Waals surface area contributed by atoms with E-state index in [-0.39, 0.29) is 17.3 Å². The molecule has 0 bridgehead atoms. The number of carbonyl (C=O) groups excluding carboxylic acids is 1. The van der Waals surface area contributed by atoms with Crippen LogP contribution in [-0.2, 0) is 0 Å². The maximum absolute atomic E-state index is 12.7. The standard InChI is InChI=1S/C19H17N5O3/c1-11(12-7-9-13(27-2)10-8-12)20-18(25)16-17-19(26)21-14-5-3-4-6-15(14)24(17)23-22-16/h3-11H,1-2H3,(H,20,25)(H,21,26)/t11-/m1/s1. The van der Waals surface area contributed by atoms with Gasteiger partial charge in [-0.1, -0.05) is 29.5 Å². The molecule has 0 saturated carbocycles. The summed E-state index contributed by atoms with van der Waals surface area (Å²) in [6.45, 7) is 1.85. The Kier molecular flexibility index (Phi) is 4.08. The summed E-state index contributed by atoms with van der Waals surface area (Å²) in [5, 5.41) is 10.8. The Morgan fingerprint density at radius 2 is 1.93 bits per heavy atom. The summed E-state index contributed by atoms with van der Waals surface area (Å²) < 4.78 is 6.53. The molecule has 0 aliphatic carbocycles. The van der Waals surface area contributed by atoms with E-state index in [1.165, 1.54) is 4.52 Å². The molecule has 4 rings (SSSR count). The second kappa shape index (κ2) is 6.56. The summed E-state index contributed by atoms with van der Waals surface area (Å²) in [5.41, 5.74) is 1.89. The number of aromatic amines is 1. The lowest BCUT2D eigenvalue weighted by Gasteiger charge is -2.13. The van der Waals surface area contributed by atoms with Gasteiger partial charge in [-0.05, 0) is 36.8 Å². The number of benzene rings is 2. The molecule has 0 radical (unpaired) electrons. The Bertz CT molecular complexity index is 1190. The van der Waals surface area contributed by atoms with Crippen molar-refractivity contribution in [2.75, 3.05) is 7.11 Å². The third-order valence-electron chi connectivity index (χ3n) is 4.44. The molecule has 0 unspecified atom stereocenters. The minimum atomic E-state index is -0.464. The summed E-state index contributed by atoms with van der Waals surface area (Å²) in [5.74, 6) is 0.272. The fourth-order valence-corrected chi connectivity index (χ4v) is 2.99. The molecule has 1 atom stereocenters. The smallest absolute Gasteiger partial charge is 0.277 e. The van der Waals surface area contributed by atoms with E-state index in [0.717, 1.165) is 11.3 Å². The first kappa shape index (κ1) is 16.8. The second-order valence-electron chi connectivity index (χ2n) is 6.14. The van der Waals surface area contributed by atoms with Gasteiger partial charge in [0.15, 0.2) is 11.2 Å². The number of carbonyl (C=O) groups is 1. The summed E-state index contributed by atoms with van der Waals surface area (Å²) in [7, 11) is 1.60. The van der Waals surface area contributed by atoms with Crippen molar-refractivity contribution in [1.82, 2.24) is 25.1 Å². The monoisotopic (exact) mass is 363 g/mol. The normalized spacial score (nSPS) is 12.2. The second-order valence-corrected chi connectivity index (χ2v) is 6.14. The maximum atomic E-state index is 12.7. The molecule has 4 aromatic rings. The highest BCUT2D eigenvalue weighted by molar-refractivity contribution is 5.99. The van der Waals surface area contributed by atoms with E-state index in [1.54, 1.807) is 19.2 Å². The first-order chi connectivity index (χ1) is 13.1. The number of methoxy groups -OCH3 is 1. The predicted molar refractivity (Wildman–Crippen MR) is 100.0 cm³/mol. The molecule has 0 aliphatic rings. The maximum Gasteiger partial charge on any atom is 0.277 e. The van der Waals surface area contributed by atoms with Crippen molar-refractivity contribution in [2.45, 2.75) is 13.0 Å². The van der Waals surface area contributed by atoms with Crippen LogP contribution >= 0.6 is 0 Å². The number of rotatable bonds is 4. The fourth-order valence-electron chi connectivity index (χ4n) is 2.99. The first-order valence-electron chi connectivity index (χ1n) is 8.39. The highest BCUT2D eigenvalue weighted by atomic mass is 16.5. The average Bonchev–Trinajstić information content (AvgIpc) is 3.14. The van der Waals surface area contributed by atoms with E-state index in [2.05, 4.69) is 20.6 Å². The quantitative estimate of drug-likeness (QED) is 0.578. The van der Waals surface area contributed by atoms with Gasteiger partial charge in [-0.25, -0.2) is 4.52 Å². The molecule has 0 spiro atoms. The van der Waals surface area contributed by atoms with Crippen molar-refractivity contribution in [3.8, 4) is 5.75 Å². The number of hydrogen-bond acceptors (Lipinski definition) is 5. The van der Waals surface area contributed by atoms with Crippen LogP contribution in [0.4, 0.5) is 0 Å². The van der Waals surface area contributed by atoms with Gasteiger partial charge in [-0.2, -0.15) is 0 Å². The Labute approximate surface area is 153 Å². The fraction of sp³-hybridized carbons (Fsp3) is 0.158. The molecule has 2 heterocycles. The molecule has 2 aromatic heterocycles. The average molecular weight is 363 g/mol. The van der Waals surface area contributed by atoms with E-state index in [0.29, 0.717) is 11.0 Å². The summed E-state index contributed by atoms with van der Waals surface area (Å²) >= 11 is 0. The Hall–Kier alpha value is -3.68. The third kappa shape index (κ3) is 2.91. The predicted octanol–water partition coefficient (Wildman–Crippen LogP) is 2.07. The molecule has 136 valence electrons. The van der Waals surface area contributed by atoms with Crippen molar-refractivity contribution in [2.24, 2.45) is 0 Å². The van der Waals surface area contributed by atoms with Crippen LogP contribution in [0.25, 0.3) is 16.6 Å². The lowest BCUT2D eigenvalue weighted by Crippen LogP contribution is -2.28. The van der Waals surface area contributed by atoms with Crippen molar-refractivity contribution in [1.29, 1.82) is 0 Å². The van der Waals surface area contributed by atoms with Gasteiger partial charge in [0.25, 0.3) is 11.5 Å². The number of fused-ring (bicyclic) bond motifs is 3. The molecule has 0 fully saturated rings. The van der Waals surface area contributed by atoms with Gasteiger partial charge in [-0.15, -0.1) is 5.10 Å². The van der Waals surface area contributed by atoms with E-state index >= 15 is 0 Å². The van der Waals surface area contributed by atoms with Crippen LogP contribution < -0.4 is 15.6 Å². The van der Waals surface area contributed by atoms with Crippen LogP contribution in [0.5, 0.6) is 5.75 Å². The molecule has 8 heteroatoms. The molecular formula is C19H17N5O3. The molecule has 2 N–H and O–H groups in total. The Morgan fingerprint density at radius 1 is 1.19 bits per heavy atom. The highest BCUT2D eigenvalue weighted by Crippen LogP contribution is 2.18. The number of hydrogen-bond donors (Lipinski definition) is 2. The lowest BCUT2D eigenvalue weighted by atomic mass is 10.1. The first-order valence-corrected chi connectivity index (χ1v) is 8.39. The summed E-state index contributed by atoms with van der Waals surface area (Å²) in [6, 6.07) is 14.3. The number of amides is 1. The highest BCUT2D eigenvalue weighted by Gasteiger charge is 2.21. The topological polar surface area (TPSA) is 101 Å². The van der Waals surface area contributed by atoms with Crippen molar-refractivity contribution in [3.05, 3.63) is 70.1 Å². The minimum absolute atomic E-state index is 0.0117. The van der Waals surface area contributed by atoms with Gasteiger partial charge >= 0.3 is 0 Å². The van der Waals surface area contributed by atoms with Crippen LogP contribution in [0.2, 0.25) is 0 Å². The zero-order valence-electron chi connectivity index (χ0n) is 14.8. The molecular weight excluding hydrogens is 346 g/mol. The van der Waals surface area contributed by atoms with Gasteiger partial charge in [0.2, 0.25) is 0 Å². The molecule has 27 heavy (non-hydrogen) atoms.